The molecule has 7 heteroatoms. The van der Waals surface area contributed by atoms with Crippen LogP contribution in [-0.4, -0.2) is 50.1 Å². The zero-order chi connectivity index (χ0) is 19.2. The summed E-state index contributed by atoms with van der Waals surface area (Å²) in [5.41, 5.74) is 1.65. The highest BCUT2D eigenvalue weighted by atomic mass is 35.5. The number of carbonyl (C=O) groups is 1. The van der Waals surface area contributed by atoms with E-state index in [1.54, 1.807) is 18.2 Å². The number of hydrogen-bond donors (Lipinski definition) is 1. The Labute approximate surface area is 169 Å². The van der Waals surface area contributed by atoms with E-state index in [0.717, 1.165) is 37.6 Å². The Morgan fingerprint density at radius 2 is 1.81 bits per heavy atom. The number of ether oxygens (including phenoxy) is 1. The van der Waals surface area contributed by atoms with E-state index in [4.69, 9.17) is 27.9 Å². The molecule has 27 heavy (non-hydrogen) atoms. The molecule has 0 atom stereocenters. The Bertz CT molecular complexity index is 793. The molecule has 1 N–H and O–H groups in total. The van der Waals surface area contributed by atoms with Crippen molar-refractivity contribution in [1.29, 1.82) is 0 Å². The van der Waals surface area contributed by atoms with Gasteiger partial charge in [-0.2, -0.15) is 0 Å². The Morgan fingerprint density at radius 3 is 2.56 bits per heavy atom. The molecule has 0 saturated carbocycles. The van der Waals surface area contributed by atoms with Gasteiger partial charge < -0.3 is 15.0 Å². The van der Waals surface area contributed by atoms with Gasteiger partial charge in [0.25, 0.3) is 0 Å². The number of piperazine rings is 1. The molecule has 0 radical (unpaired) electrons. The first kappa shape index (κ1) is 19.8. The third-order valence-corrected chi connectivity index (χ3v) is 5.29. The van der Waals surface area contributed by atoms with Gasteiger partial charge in [-0.15, -0.1) is 0 Å². The smallest absolute Gasteiger partial charge is 0.238 e. The minimum absolute atomic E-state index is 0.0951. The molecule has 2 aromatic carbocycles. The zero-order valence-electron chi connectivity index (χ0n) is 15.3. The molecule has 1 heterocycles. The second-order valence-corrected chi connectivity index (χ2v) is 7.10. The van der Waals surface area contributed by atoms with Crippen molar-refractivity contribution in [2.45, 2.75) is 6.92 Å². The fraction of sp³-hybridized carbons (Fsp3) is 0.350. The second-order valence-electron chi connectivity index (χ2n) is 6.31. The van der Waals surface area contributed by atoms with Gasteiger partial charge in [0.2, 0.25) is 5.91 Å². The van der Waals surface area contributed by atoms with E-state index in [1.807, 2.05) is 25.1 Å². The first-order chi connectivity index (χ1) is 13.1. The minimum Gasteiger partial charge on any atom is -0.492 e. The molecule has 5 nitrogen and oxygen atoms in total. The Hall–Kier alpha value is -1.95. The molecule has 0 bridgehead atoms. The van der Waals surface area contributed by atoms with E-state index in [1.165, 1.54) is 0 Å². The number of rotatable bonds is 6. The average molecular weight is 408 g/mol. The summed E-state index contributed by atoms with van der Waals surface area (Å²) < 4.78 is 5.73. The number of carbonyl (C=O) groups excluding carboxylic acids is 1. The van der Waals surface area contributed by atoms with Gasteiger partial charge >= 0.3 is 0 Å². The van der Waals surface area contributed by atoms with Crippen molar-refractivity contribution in [3.05, 3.63) is 52.5 Å². The summed E-state index contributed by atoms with van der Waals surface area (Å²) in [6.45, 7) is 6.24. The maximum absolute atomic E-state index is 12.3. The summed E-state index contributed by atoms with van der Waals surface area (Å²) in [6.07, 6.45) is 0. The predicted molar refractivity (Wildman–Crippen MR) is 111 cm³/mol. The molecule has 0 spiro atoms. The molecule has 1 fully saturated rings. The SMILES string of the molecule is CCOc1ccccc1N1CCN(CC(=O)Nc2cccc(Cl)c2Cl)CC1. The standard InChI is InChI=1S/C20H23Cl2N3O2/c1-2-27-18-9-4-3-8-17(18)25-12-10-24(11-13-25)14-19(26)23-16-7-5-6-15(21)20(16)22/h3-9H,2,10-14H2,1H3,(H,23,26). The molecule has 0 aromatic heterocycles. The van der Waals surface area contributed by atoms with Crippen LogP contribution in [0.3, 0.4) is 0 Å². The van der Waals surface area contributed by atoms with E-state index in [-0.39, 0.29) is 5.91 Å². The van der Waals surface area contributed by atoms with Crippen molar-refractivity contribution in [2.75, 3.05) is 49.5 Å². The number of anilines is 2. The monoisotopic (exact) mass is 407 g/mol. The number of halogens is 2. The van der Waals surface area contributed by atoms with Gasteiger partial charge in [-0.3, -0.25) is 9.69 Å². The van der Waals surface area contributed by atoms with Gasteiger partial charge in [-0.1, -0.05) is 41.4 Å². The van der Waals surface area contributed by atoms with E-state index in [2.05, 4.69) is 21.2 Å². The molecule has 1 saturated heterocycles. The van der Waals surface area contributed by atoms with E-state index in [0.29, 0.717) is 28.9 Å². The largest absolute Gasteiger partial charge is 0.492 e. The van der Waals surface area contributed by atoms with Crippen LogP contribution in [0.4, 0.5) is 11.4 Å². The molecule has 0 unspecified atom stereocenters. The summed E-state index contributed by atoms with van der Waals surface area (Å²) in [6, 6.07) is 13.3. The molecule has 1 amide bonds. The Morgan fingerprint density at radius 1 is 1.07 bits per heavy atom. The highest BCUT2D eigenvalue weighted by molar-refractivity contribution is 6.44. The average Bonchev–Trinajstić information content (AvgIpc) is 2.67. The zero-order valence-corrected chi connectivity index (χ0v) is 16.8. The molecular formula is C20H23Cl2N3O2. The van der Waals surface area contributed by atoms with Crippen LogP contribution in [0.5, 0.6) is 5.75 Å². The normalized spacial score (nSPS) is 14.9. The fourth-order valence-electron chi connectivity index (χ4n) is 3.14. The fourth-order valence-corrected chi connectivity index (χ4v) is 3.48. The summed E-state index contributed by atoms with van der Waals surface area (Å²) in [4.78, 5) is 16.8. The van der Waals surface area contributed by atoms with Crippen LogP contribution >= 0.6 is 23.2 Å². The van der Waals surface area contributed by atoms with Crippen LogP contribution in [0.25, 0.3) is 0 Å². The highest BCUT2D eigenvalue weighted by Gasteiger charge is 2.21. The van der Waals surface area contributed by atoms with Gasteiger partial charge in [0, 0.05) is 26.2 Å². The third-order valence-electron chi connectivity index (χ3n) is 4.47. The van der Waals surface area contributed by atoms with Crippen molar-refractivity contribution in [1.82, 2.24) is 4.90 Å². The maximum Gasteiger partial charge on any atom is 0.238 e. The van der Waals surface area contributed by atoms with Gasteiger partial charge in [0.1, 0.15) is 5.75 Å². The number of para-hydroxylation sites is 2. The quantitative estimate of drug-likeness (QED) is 0.780. The van der Waals surface area contributed by atoms with Crippen LogP contribution in [0.2, 0.25) is 10.0 Å². The molecule has 1 aliphatic rings. The molecular weight excluding hydrogens is 385 g/mol. The number of amides is 1. The van der Waals surface area contributed by atoms with Crippen molar-refractivity contribution in [2.24, 2.45) is 0 Å². The van der Waals surface area contributed by atoms with Crippen LogP contribution in [0.15, 0.2) is 42.5 Å². The van der Waals surface area contributed by atoms with Crippen molar-refractivity contribution >= 4 is 40.5 Å². The molecule has 144 valence electrons. The van der Waals surface area contributed by atoms with Crippen LogP contribution in [0, 0.1) is 0 Å². The summed E-state index contributed by atoms with van der Waals surface area (Å²) in [5.74, 6) is 0.809. The van der Waals surface area contributed by atoms with E-state index >= 15 is 0 Å². The van der Waals surface area contributed by atoms with E-state index < -0.39 is 0 Å². The number of nitrogens with one attached hydrogen (secondary N) is 1. The maximum atomic E-state index is 12.3. The lowest BCUT2D eigenvalue weighted by Crippen LogP contribution is -2.48. The number of nitrogens with zero attached hydrogens (tertiary/aromatic N) is 2. The topological polar surface area (TPSA) is 44.8 Å². The van der Waals surface area contributed by atoms with Crippen molar-refractivity contribution < 1.29 is 9.53 Å². The number of hydrogen-bond acceptors (Lipinski definition) is 4. The third kappa shape index (κ3) is 5.06. The number of benzene rings is 2. The second kappa shape index (κ2) is 9.31. The Balaban J connectivity index is 1.54. The van der Waals surface area contributed by atoms with Crippen LogP contribution in [-0.2, 0) is 4.79 Å². The lowest BCUT2D eigenvalue weighted by molar-refractivity contribution is -0.117. The molecule has 3 rings (SSSR count). The minimum atomic E-state index is -0.0951. The van der Waals surface area contributed by atoms with Gasteiger partial charge in [0.15, 0.2) is 0 Å². The van der Waals surface area contributed by atoms with Crippen molar-refractivity contribution in [3.8, 4) is 5.75 Å². The van der Waals surface area contributed by atoms with Crippen LogP contribution in [0.1, 0.15) is 6.92 Å². The van der Waals surface area contributed by atoms with Gasteiger partial charge in [0.05, 0.1) is 34.6 Å². The molecule has 0 aliphatic carbocycles. The highest BCUT2D eigenvalue weighted by Crippen LogP contribution is 2.30. The Kier molecular flexibility index (Phi) is 6.83. The summed E-state index contributed by atoms with van der Waals surface area (Å²) in [5, 5.41) is 3.63. The van der Waals surface area contributed by atoms with E-state index in [9.17, 15) is 4.79 Å². The van der Waals surface area contributed by atoms with Crippen molar-refractivity contribution in [3.63, 3.8) is 0 Å². The molecule has 2 aromatic rings. The van der Waals surface area contributed by atoms with Crippen LogP contribution < -0.4 is 15.0 Å². The summed E-state index contributed by atoms with van der Waals surface area (Å²) >= 11 is 12.1. The van der Waals surface area contributed by atoms with Gasteiger partial charge in [-0.25, -0.2) is 0 Å². The van der Waals surface area contributed by atoms with Gasteiger partial charge in [-0.05, 0) is 31.2 Å². The first-order valence-corrected chi connectivity index (χ1v) is 9.77. The predicted octanol–water partition coefficient (Wildman–Crippen LogP) is 4.15. The molecule has 1 aliphatic heterocycles. The lowest BCUT2D eigenvalue weighted by atomic mass is 10.2. The first-order valence-electron chi connectivity index (χ1n) is 9.01. The lowest BCUT2D eigenvalue weighted by Gasteiger charge is -2.36. The summed E-state index contributed by atoms with van der Waals surface area (Å²) in [7, 11) is 0.